The number of rotatable bonds is 2. The number of anilines is 1. The van der Waals surface area contributed by atoms with Gasteiger partial charge in [-0.2, -0.15) is 0 Å². The lowest BCUT2D eigenvalue weighted by atomic mass is 10.1. The van der Waals surface area contributed by atoms with Crippen molar-refractivity contribution in [3.8, 4) is 0 Å². The average Bonchev–Trinajstić information content (AvgIpc) is 2.89. The van der Waals surface area contributed by atoms with E-state index in [1.807, 2.05) is 10.6 Å². The van der Waals surface area contributed by atoms with Gasteiger partial charge in [-0.05, 0) is 18.8 Å². The van der Waals surface area contributed by atoms with Gasteiger partial charge >= 0.3 is 0 Å². The second-order valence-electron chi connectivity index (χ2n) is 4.50. The second kappa shape index (κ2) is 3.73. The maximum atomic E-state index is 4.34. The minimum atomic E-state index is 0.524. The molecule has 3 rings (SSSR count). The van der Waals surface area contributed by atoms with Crippen molar-refractivity contribution in [3.63, 3.8) is 0 Å². The predicted octanol–water partition coefficient (Wildman–Crippen LogP) is 1.72. The Labute approximate surface area is 93.9 Å². The fourth-order valence-corrected chi connectivity index (χ4v) is 2.40. The molecule has 1 fully saturated rings. The van der Waals surface area contributed by atoms with E-state index in [9.17, 15) is 0 Å². The van der Waals surface area contributed by atoms with Crippen molar-refractivity contribution in [3.05, 3.63) is 18.7 Å². The molecular weight excluding hydrogens is 202 g/mol. The summed E-state index contributed by atoms with van der Waals surface area (Å²) in [4.78, 5) is 4.34. The first-order valence-electron chi connectivity index (χ1n) is 5.75. The van der Waals surface area contributed by atoms with Crippen LogP contribution in [0.2, 0.25) is 0 Å². The Morgan fingerprint density at radius 1 is 1.44 bits per heavy atom. The third kappa shape index (κ3) is 1.52. The highest BCUT2D eigenvalue weighted by Crippen LogP contribution is 2.28. The zero-order valence-electron chi connectivity index (χ0n) is 9.30. The van der Waals surface area contributed by atoms with Gasteiger partial charge in [-0.25, -0.2) is 4.98 Å². The van der Waals surface area contributed by atoms with E-state index in [2.05, 4.69) is 27.4 Å². The largest absolute Gasteiger partial charge is 0.364 e. The molecule has 5 nitrogen and oxygen atoms in total. The van der Waals surface area contributed by atoms with Crippen LogP contribution in [0.15, 0.2) is 18.7 Å². The lowest BCUT2D eigenvalue weighted by Gasteiger charge is -2.17. The van der Waals surface area contributed by atoms with Crippen LogP contribution < -0.4 is 5.32 Å². The number of nitrogens with zero attached hydrogens (tertiary/aromatic N) is 4. The van der Waals surface area contributed by atoms with E-state index >= 15 is 0 Å². The van der Waals surface area contributed by atoms with Crippen molar-refractivity contribution in [1.29, 1.82) is 0 Å². The Bertz CT molecular complexity index is 492. The van der Waals surface area contributed by atoms with Crippen molar-refractivity contribution in [2.24, 2.45) is 5.92 Å². The van der Waals surface area contributed by atoms with E-state index in [0.717, 1.165) is 11.5 Å². The van der Waals surface area contributed by atoms with E-state index in [0.29, 0.717) is 12.0 Å². The standard InChI is InChI=1S/C11H15N5/c1-8-3-2-4-9(8)14-10-11-15-13-7-16(11)6-5-12-10/h5-9H,2-4H2,1H3,(H,12,14). The monoisotopic (exact) mass is 217 g/mol. The number of hydrogen-bond donors (Lipinski definition) is 1. The van der Waals surface area contributed by atoms with E-state index in [1.54, 1.807) is 12.5 Å². The minimum Gasteiger partial charge on any atom is -0.364 e. The Hall–Kier alpha value is -1.65. The highest BCUT2D eigenvalue weighted by Gasteiger charge is 2.24. The molecule has 0 aliphatic heterocycles. The summed E-state index contributed by atoms with van der Waals surface area (Å²) in [5.74, 6) is 1.56. The van der Waals surface area contributed by atoms with Crippen LogP contribution >= 0.6 is 0 Å². The molecule has 2 atom stereocenters. The lowest BCUT2D eigenvalue weighted by Crippen LogP contribution is -2.22. The molecule has 2 aromatic heterocycles. The smallest absolute Gasteiger partial charge is 0.203 e. The fourth-order valence-electron chi connectivity index (χ4n) is 2.40. The molecule has 1 saturated carbocycles. The van der Waals surface area contributed by atoms with E-state index in [4.69, 9.17) is 0 Å². The van der Waals surface area contributed by atoms with Crippen molar-refractivity contribution >= 4 is 11.5 Å². The Morgan fingerprint density at radius 3 is 3.19 bits per heavy atom. The van der Waals surface area contributed by atoms with Gasteiger partial charge in [0.2, 0.25) is 5.65 Å². The zero-order valence-corrected chi connectivity index (χ0v) is 9.30. The van der Waals surface area contributed by atoms with Crippen LogP contribution in [0.3, 0.4) is 0 Å². The first kappa shape index (κ1) is 9.57. The molecule has 2 heterocycles. The molecule has 2 aromatic rings. The number of hydrogen-bond acceptors (Lipinski definition) is 4. The van der Waals surface area contributed by atoms with Gasteiger partial charge in [0, 0.05) is 18.4 Å². The molecule has 84 valence electrons. The van der Waals surface area contributed by atoms with Crippen LogP contribution in [0, 0.1) is 5.92 Å². The maximum absolute atomic E-state index is 4.34. The van der Waals surface area contributed by atoms with Crippen LogP contribution in [-0.4, -0.2) is 25.6 Å². The van der Waals surface area contributed by atoms with E-state index in [1.165, 1.54) is 19.3 Å². The predicted molar refractivity (Wildman–Crippen MR) is 61.2 cm³/mol. The molecule has 0 spiro atoms. The van der Waals surface area contributed by atoms with Gasteiger partial charge in [-0.15, -0.1) is 10.2 Å². The molecule has 16 heavy (non-hydrogen) atoms. The highest BCUT2D eigenvalue weighted by molar-refractivity contribution is 5.61. The third-order valence-corrected chi connectivity index (χ3v) is 3.40. The maximum Gasteiger partial charge on any atom is 0.203 e. The van der Waals surface area contributed by atoms with Crippen LogP contribution in [0.1, 0.15) is 26.2 Å². The number of aromatic nitrogens is 4. The summed E-state index contributed by atoms with van der Waals surface area (Å²) in [6.45, 7) is 2.29. The fraction of sp³-hybridized carbons (Fsp3) is 0.545. The van der Waals surface area contributed by atoms with Crippen LogP contribution in [-0.2, 0) is 0 Å². The third-order valence-electron chi connectivity index (χ3n) is 3.40. The van der Waals surface area contributed by atoms with Gasteiger partial charge < -0.3 is 5.32 Å². The number of nitrogens with one attached hydrogen (secondary N) is 1. The molecule has 0 aromatic carbocycles. The molecule has 0 radical (unpaired) electrons. The minimum absolute atomic E-state index is 0.524. The highest BCUT2D eigenvalue weighted by atomic mass is 15.2. The van der Waals surface area contributed by atoms with Crippen LogP contribution in [0.5, 0.6) is 0 Å². The van der Waals surface area contributed by atoms with Crippen molar-refractivity contribution in [1.82, 2.24) is 19.6 Å². The molecule has 1 aliphatic rings. The molecule has 0 bridgehead atoms. The summed E-state index contributed by atoms with van der Waals surface area (Å²) in [6, 6.07) is 0.524. The molecule has 1 aliphatic carbocycles. The van der Waals surface area contributed by atoms with Crippen LogP contribution in [0.4, 0.5) is 5.82 Å². The lowest BCUT2D eigenvalue weighted by molar-refractivity contribution is 0.555. The quantitative estimate of drug-likeness (QED) is 0.832. The van der Waals surface area contributed by atoms with Crippen LogP contribution in [0.25, 0.3) is 5.65 Å². The molecular formula is C11H15N5. The molecule has 1 N–H and O–H groups in total. The summed E-state index contributed by atoms with van der Waals surface area (Å²) >= 11 is 0. The average molecular weight is 217 g/mol. The summed E-state index contributed by atoms with van der Waals surface area (Å²) in [5.41, 5.74) is 0.807. The Kier molecular flexibility index (Phi) is 2.23. The zero-order chi connectivity index (χ0) is 11.0. The van der Waals surface area contributed by atoms with Gasteiger partial charge in [0.15, 0.2) is 5.82 Å². The van der Waals surface area contributed by atoms with Gasteiger partial charge in [0.05, 0.1) is 0 Å². The topological polar surface area (TPSA) is 55.1 Å². The number of fused-ring (bicyclic) bond motifs is 1. The summed E-state index contributed by atoms with van der Waals surface area (Å²) < 4.78 is 1.88. The molecule has 5 heteroatoms. The SMILES string of the molecule is CC1CCCC1Nc1nccn2cnnc12. The van der Waals surface area contributed by atoms with Crippen molar-refractivity contribution in [2.75, 3.05) is 5.32 Å². The van der Waals surface area contributed by atoms with Crippen molar-refractivity contribution in [2.45, 2.75) is 32.2 Å². The first-order valence-corrected chi connectivity index (χ1v) is 5.75. The van der Waals surface area contributed by atoms with Crippen molar-refractivity contribution < 1.29 is 0 Å². The van der Waals surface area contributed by atoms with Gasteiger partial charge in [-0.3, -0.25) is 4.40 Å². The molecule has 2 unspecified atom stereocenters. The summed E-state index contributed by atoms with van der Waals surface area (Å²) in [5, 5.41) is 11.4. The normalized spacial score (nSPS) is 25.1. The van der Waals surface area contributed by atoms with E-state index < -0.39 is 0 Å². The Morgan fingerprint density at radius 2 is 2.38 bits per heavy atom. The first-order chi connectivity index (χ1) is 7.84. The van der Waals surface area contributed by atoms with Gasteiger partial charge in [-0.1, -0.05) is 13.3 Å². The second-order valence-corrected chi connectivity index (χ2v) is 4.50. The summed E-state index contributed by atoms with van der Waals surface area (Å²) in [6.07, 6.45) is 9.15. The summed E-state index contributed by atoms with van der Waals surface area (Å²) in [7, 11) is 0. The van der Waals surface area contributed by atoms with Gasteiger partial charge in [0.25, 0.3) is 0 Å². The van der Waals surface area contributed by atoms with Gasteiger partial charge in [0.1, 0.15) is 6.33 Å². The molecule has 0 saturated heterocycles. The Balaban J connectivity index is 1.91. The molecule has 0 amide bonds. The van der Waals surface area contributed by atoms with E-state index in [-0.39, 0.29) is 0 Å².